The van der Waals surface area contributed by atoms with Crippen LogP contribution in [0.5, 0.6) is 0 Å². The fourth-order valence-corrected chi connectivity index (χ4v) is 3.36. The molecule has 0 spiro atoms. The monoisotopic (exact) mass is 357 g/mol. The molecule has 0 radical (unpaired) electrons. The van der Waals surface area contributed by atoms with Gasteiger partial charge >= 0.3 is 6.09 Å². The average Bonchev–Trinajstić information content (AvgIpc) is 2.49. The Morgan fingerprint density at radius 3 is 2.08 bits per heavy atom. The summed E-state index contributed by atoms with van der Waals surface area (Å²) in [6.45, 7) is 12.7. The Bertz CT molecular complexity index is 350. The van der Waals surface area contributed by atoms with Crippen LogP contribution in [0, 0.1) is 11.3 Å². The molecule has 0 aliphatic rings. The summed E-state index contributed by atoms with van der Waals surface area (Å²) in [5, 5.41) is 12.9. The third-order valence-corrected chi connectivity index (χ3v) is 4.49. The summed E-state index contributed by atoms with van der Waals surface area (Å²) in [6, 6.07) is 0. The SMILES string of the molecule is CCCCCCCCCC(CO)(CNC(=O)OC(C)(C)C)CC(C)C. The number of alkyl carbamates (subject to hydrolysis) is 1. The van der Waals surface area contributed by atoms with Crippen LogP contribution >= 0.6 is 0 Å². The van der Waals surface area contributed by atoms with E-state index in [1.54, 1.807) is 0 Å². The number of carbonyl (C=O) groups excluding carboxylic acids is 1. The first-order chi connectivity index (χ1) is 11.6. The Morgan fingerprint density at radius 1 is 1.04 bits per heavy atom. The van der Waals surface area contributed by atoms with Crippen molar-refractivity contribution in [2.75, 3.05) is 13.2 Å². The van der Waals surface area contributed by atoms with Gasteiger partial charge in [-0.1, -0.05) is 65.7 Å². The molecule has 0 saturated carbocycles. The molecule has 25 heavy (non-hydrogen) atoms. The van der Waals surface area contributed by atoms with E-state index < -0.39 is 11.7 Å². The third-order valence-electron chi connectivity index (χ3n) is 4.49. The predicted molar refractivity (Wildman–Crippen MR) is 106 cm³/mol. The van der Waals surface area contributed by atoms with Gasteiger partial charge in [0, 0.05) is 12.0 Å². The number of unbranched alkanes of at least 4 members (excludes halogenated alkanes) is 6. The van der Waals surface area contributed by atoms with Crippen LogP contribution in [0.2, 0.25) is 0 Å². The van der Waals surface area contributed by atoms with Crippen LogP contribution in [-0.2, 0) is 4.74 Å². The lowest BCUT2D eigenvalue weighted by Crippen LogP contribution is -2.43. The van der Waals surface area contributed by atoms with E-state index in [0.29, 0.717) is 12.5 Å². The van der Waals surface area contributed by atoms with Gasteiger partial charge in [0.2, 0.25) is 0 Å². The molecular formula is C21H43NO3. The molecule has 0 rings (SSSR count). The minimum Gasteiger partial charge on any atom is -0.444 e. The zero-order valence-electron chi connectivity index (χ0n) is 17.6. The number of aliphatic hydroxyl groups excluding tert-OH is 1. The van der Waals surface area contributed by atoms with Gasteiger partial charge in [-0.05, 0) is 39.5 Å². The lowest BCUT2D eigenvalue weighted by atomic mass is 9.76. The molecule has 0 aliphatic heterocycles. The Morgan fingerprint density at radius 2 is 1.60 bits per heavy atom. The van der Waals surface area contributed by atoms with Crippen molar-refractivity contribution in [2.24, 2.45) is 11.3 Å². The first-order valence-corrected chi connectivity index (χ1v) is 10.2. The van der Waals surface area contributed by atoms with Gasteiger partial charge in [-0.25, -0.2) is 4.79 Å². The van der Waals surface area contributed by atoms with Crippen molar-refractivity contribution < 1.29 is 14.6 Å². The average molecular weight is 358 g/mol. The van der Waals surface area contributed by atoms with Crippen molar-refractivity contribution in [1.29, 1.82) is 0 Å². The summed E-state index contributed by atoms with van der Waals surface area (Å²) in [5.74, 6) is 0.483. The molecule has 1 amide bonds. The first-order valence-electron chi connectivity index (χ1n) is 10.2. The molecule has 0 aromatic heterocycles. The number of aliphatic hydroxyl groups is 1. The second-order valence-corrected chi connectivity index (χ2v) is 8.98. The number of ether oxygens (including phenoxy) is 1. The second kappa shape index (κ2) is 12.6. The highest BCUT2D eigenvalue weighted by atomic mass is 16.6. The molecule has 0 bridgehead atoms. The largest absolute Gasteiger partial charge is 0.444 e. The molecule has 0 aliphatic carbocycles. The van der Waals surface area contributed by atoms with Crippen LogP contribution in [0.1, 0.15) is 99.3 Å². The topological polar surface area (TPSA) is 58.6 Å². The zero-order valence-corrected chi connectivity index (χ0v) is 17.6. The number of hydrogen-bond donors (Lipinski definition) is 2. The number of hydrogen-bond acceptors (Lipinski definition) is 3. The van der Waals surface area contributed by atoms with Gasteiger partial charge < -0.3 is 15.2 Å². The summed E-state index contributed by atoms with van der Waals surface area (Å²) < 4.78 is 5.33. The second-order valence-electron chi connectivity index (χ2n) is 8.98. The van der Waals surface area contributed by atoms with Gasteiger partial charge in [-0.2, -0.15) is 0 Å². The van der Waals surface area contributed by atoms with Gasteiger partial charge in [0.15, 0.2) is 0 Å². The molecule has 0 aromatic rings. The fraction of sp³-hybridized carbons (Fsp3) is 0.952. The van der Waals surface area contributed by atoms with Crippen LogP contribution in [0.4, 0.5) is 4.79 Å². The number of carbonyl (C=O) groups is 1. The van der Waals surface area contributed by atoms with Crippen molar-refractivity contribution >= 4 is 6.09 Å². The maximum atomic E-state index is 12.0. The van der Waals surface area contributed by atoms with Crippen molar-refractivity contribution in [2.45, 2.75) is 105 Å². The quantitative estimate of drug-likeness (QED) is 0.417. The van der Waals surface area contributed by atoms with Gasteiger partial charge in [-0.15, -0.1) is 0 Å². The standard InChI is InChI=1S/C21H43NO3/c1-7-8-9-10-11-12-13-14-21(17-23,15-18(2)3)16-22-19(24)25-20(4,5)6/h18,23H,7-17H2,1-6H3,(H,22,24). The predicted octanol–water partition coefficient (Wildman–Crippen LogP) is 5.68. The Kier molecular flexibility index (Phi) is 12.2. The Hall–Kier alpha value is -0.770. The number of rotatable bonds is 13. The third kappa shape index (κ3) is 13.1. The van der Waals surface area contributed by atoms with Crippen molar-refractivity contribution in [3.05, 3.63) is 0 Å². The normalized spacial score (nSPS) is 14.4. The molecule has 1 unspecified atom stereocenters. The van der Waals surface area contributed by atoms with E-state index in [2.05, 4.69) is 26.1 Å². The lowest BCUT2D eigenvalue weighted by Gasteiger charge is -2.34. The Labute approximate surface area is 156 Å². The van der Waals surface area contributed by atoms with Crippen molar-refractivity contribution in [3.63, 3.8) is 0 Å². The molecule has 0 fully saturated rings. The molecule has 0 heterocycles. The van der Waals surface area contributed by atoms with Crippen LogP contribution in [0.3, 0.4) is 0 Å². The summed E-state index contributed by atoms with van der Waals surface area (Å²) in [7, 11) is 0. The minimum atomic E-state index is -0.498. The van der Waals surface area contributed by atoms with E-state index in [9.17, 15) is 9.90 Å². The van der Waals surface area contributed by atoms with E-state index in [1.165, 1.54) is 38.5 Å². The summed E-state index contributed by atoms with van der Waals surface area (Å²) in [6.07, 6.45) is 10.3. The van der Waals surface area contributed by atoms with E-state index in [1.807, 2.05) is 20.8 Å². The molecule has 150 valence electrons. The highest BCUT2D eigenvalue weighted by molar-refractivity contribution is 5.67. The van der Waals surface area contributed by atoms with Gasteiger partial charge in [0.1, 0.15) is 5.60 Å². The summed E-state index contributed by atoms with van der Waals surface area (Å²) in [5.41, 5.74) is -0.739. The fourth-order valence-electron chi connectivity index (χ4n) is 3.36. The molecule has 0 aromatic carbocycles. The van der Waals surface area contributed by atoms with E-state index in [4.69, 9.17) is 4.74 Å². The number of nitrogens with one attached hydrogen (secondary N) is 1. The van der Waals surface area contributed by atoms with Gasteiger partial charge in [-0.3, -0.25) is 0 Å². The minimum absolute atomic E-state index is 0.108. The van der Waals surface area contributed by atoms with Crippen molar-refractivity contribution in [3.8, 4) is 0 Å². The van der Waals surface area contributed by atoms with Crippen LogP contribution in [0.15, 0.2) is 0 Å². The van der Waals surface area contributed by atoms with Crippen LogP contribution in [0.25, 0.3) is 0 Å². The maximum Gasteiger partial charge on any atom is 0.407 e. The van der Waals surface area contributed by atoms with E-state index in [0.717, 1.165) is 19.3 Å². The highest BCUT2D eigenvalue weighted by Gasteiger charge is 2.31. The molecule has 4 heteroatoms. The van der Waals surface area contributed by atoms with E-state index in [-0.39, 0.29) is 12.0 Å². The lowest BCUT2D eigenvalue weighted by molar-refractivity contribution is 0.0421. The van der Waals surface area contributed by atoms with Crippen LogP contribution < -0.4 is 5.32 Å². The summed E-state index contributed by atoms with van der Waals surface area (Å²) in [4.78, 5) is 12.0. The summed E-state index contributed by atoms with van der Waals surface area (Å²) >= 11 is 0. The molecular weight excluding hydrogens is 314 g/mol. The molecule has 0 saturated heterocycles. The number of amides is 1. The molecule has 1 atom stereocenters. The highest BCUT2D eigenvalue weighted by Crippen LogP contribution is 2.32. The van der Waals surface area contributed by atoms with Gasteiger partial charge in [0.25, 0.3) is 0 Å². The molecule has 4 nitrogen and oxygen atoms in total. The van der Waals surface area contributed by atoms with E-state index >= 15 is 0 Å². The first kappa shape index (κ1) is 24.2. The van der Waals surface area contributed by atoms with Crippen molar-refractivity contribution in [1.82, 2.24) is 5.32 Å². The smallest absolute Gasteiger partial charge is 0.407 e. The maximum absolute atomic E-state index is 12.0. The van der Waals surface area contributed by atoms with Gasteiger partial charge in [0.05, 0.1) is 6.61 Å². The molecule has 2 N–H and O–H groups in total. The Balaban J connectivity index is 4.44. The zero-order chi connectivity index (χ0) is 19.3. The van der Waals surface area contributed by atoms with Crippen LogP contribution in [-0.4, -0.2) is 30.0 Å².